The van der Waals surface area contributed by atoms with E-state index in [9.17, 15) is 18.3 Å². The van der Waals surface area contributed by atoms with E-state index >= 15 is 0 Å². The molecule has 0 bridgehead atoms. The molecule has 2 aromatic carbocycles. The molecule has 0 amide bonds. The van der Waals surface area contributed by atoms with Crippen molar-refractivity contribution in [2.24, 2.45) is 0 Å². The van der Waals surface area contributed by atoms with Gasteiger partial charge < -0.3 is 19.3 Å². The third kappa shape index (κ3) is 7.76. The zero-order chi connectivity index (χ0) is 22.4. The maximum atomic E-state index is 12.9. The Bertz CT molecular complexity index is 874. The number of methoxy groups -OCH3 is 1. The van der Waals surface area contributed by atoms with E-state index < -0.39 is 25.6 Å². The monoisotopic (exact) mass is 440 g/mol. The quantitative estimate of drug-likeness (QED) is 0.216. The molecule has 2 aromatic rings. The summed E-state index contributed by atoms with van der Waals surface area (Å²) in [5.41, 5.74) is 0.0331. The smallest absolute Gasteiger partial charge is 0.416 e. The highest BCUT2D eigenvalue weighted by molar-refractivity contribution is 6.76. The number of benzene rings is 2. The van der Waals surface area contributed by atoms with Crippen LogP contribution < -0.4 is 9.47 Å². The van der Waals surface area contributed by atoms with Crippen LogP contribution in [0.3, 0.4) is 0 Å². The van der Waals surface area contributed by atoms with Crippen LogP contribution in [0.1, 0.15) is 16.7 Å². The second-order valence-electron chi connectivity index (χ2n) is 8.04. The van der Waals surface area contributed by atoms with Crippen LogP contribution in [-0.2, 0) is 10.9 Å². The topological polar surface area (TPSA) is 47.9 Å². The third-order valence-electron chi connectivity index (χ3n) is 4.22. The zero-order valence-corrected chi connectivity index (χ0v) is 18.5. The molecule has 164 valence electrons. The van der Waals surface area contributed by atoms with Gasteiger partial charge in [0.25, 0.3) is 0 Å². The summed E-state index contributed by atoms with van der Waals surface area (Å²) >= 11 is 0. The molecule has 0 aromatic heterocycles. The van der Waals surface area contributed by atoms with E-state index in [0.29, 0.717) is 29.7 Å². The largest absolute Gasteiger partial charge is 0.508 e. The van der Waals surface area contributed by atoms with Gasteiger partial charge in [-0.05, 0) is 47.5 Å². The molecule has 0 aliphatic rings. The molecule has 0 aliphatic carbocycles. The fourth-order valence-corrected chi connectivity index (χ4v) is 3.29. The van der Waals surface area contributed by atoms with Gasteiger partial charge in [-0.25, -0.2) is 0 Å². The summed E-state index contributed by atoms with van der Waals surface area (Å²) in [4.78, 5) is 0. The molecule has 4 nitrogen and oxygen atoms in total. The van der Waals surface area contributed by atoms with E-state index in [1.807, 2.05) is 0 Å². The molecule has 0 saturated carbocycles. The van der Waals surface area contributed by atoms with Crippen LogP contribution >= 0.6 is 0 Å². The second kappa shape index (κ2) is 10.0. The van der Waals surface area contributed by atoms with Gasteiger partial charge in [0.05, 0.1) is 12.7 Å². The highest BCUT2D eigenvalue weighted by Crippen LogP contribution is 2.33. The molecule has 0 atom stereocenters. The van der Waals surface area contributed by atoms with Crippen molar-refractivity contribution in [3.05, 3.63) is 53.1 Å². The lowest BCUT2D eigenvalue weighted by atomic mass is 10.1. The van der Waals surface area contributed by atoms with Crippen molar-refractivity contribution in [2.45, 2.75) is 31.9 Å². The molecule has 0 fully saturated rings. The molecule has 1 N–H and O–H groups in total. The molecular formula is C22H27F3O4Si. The van der Waals surface area contributed by atoms with Crippen LogP contribution in [0.5, 0.6) is 17.2 Å². The molecule has 2 rings (SSSR count). The van der Waals surface area contributed by atoms with Crippen molar-refractivity contribution in [3.8, 4) is 17.2 Å². The fourth-order valence-electron chi connectivity index (χ4n) is 2.54. The minimum Gasteiger partial charge on any atom is -0.508 e. The first-order chi connectivity index (χ1) is 14.0. The lowest BCUT2D eigenvalue weighted by Crippen LogP contribution is -2.22. The Morgan fingerprint density at radius 2 is 1.67 bits per heavy atom. The highest BCUT2D eigenvalue weighted by atomic mass is 28.3. The Kier molecular flexibility index (Phi) is 7.97. The van der Waals surface area contributed by atoms with Gasteiger partial charge in [0.15, 0.2) is 18.3 Å². The minimum atomic E-state index is -4.53. The number of phenols is 1. The Morgan fingerprint density at radius 3 is 2.30 bits per heavy atom. The number of hydrogen-bond acceptors (Lipinski definition) is 4. The van der Waals surface area contributed by atoms with Crippen molar-refractivity contribution in [1.29, 1.82) is 0 Å². The normalized spacial score (nSPS) is 12.4. The maximum Gasteiger partial charge on any atom is 0.416 e. The Morgan fingerprint density at radius 1 is 0.967 bits per heavy atom. The number of halogens is 3. The van der Waals surface area contributed by atoms with Gasteiger partial charge in [0, 0.05) is 14.7 Å². The van der Waals surface area contributed by atoms with E-state index in [2.05, 4.69) is 19.6 Å². The molecule has 0 radical (unpaired) electrons. The molecule has 0 unspecified atom stereocenters. The van der Waals surface area contributed by atoms with Crippen molar-refractivity contribution < 1.29 is 32.5 Å². The predicted octanol–water partition coefficient (Wildman–Crippen LogP) is 6.28. The van der Waals surface area contributed by atoms with Gasteiger partial charge in [-0.2, -0.15) is 13.2 Å². The van der Waals surface area contributed by atoms with Crippen molar-refractivity contribution in [3.63, 3.8) is 0 Å². The van der Waals surface area contributed by atoms with Crippen LogP contribution in [0.15, 0.2) is 36.4 Å². The van der Waals surface area contributed by atoms with Crippen molar-refractivity contribution in [1.82, 2.24) is 0 Å². The molecule has 0 spiro atoms. The van der Waals surface area contributed by atoms with E-state index in [1.165, 1.54) is 19.3 Å². The SMILES string of the molecule is COc1cc(C=Cc2cc(O)cc(C(F)(F)F)c2)ccc1OCOCC[Si](C)(C)C. The summed E-state index contributed by atoms with van der Waals surface area (Å²) in [6.45, 7) is 7.57. The summed E-state index contributed by atoms with van der Waals surface area (Å²) in [7, 11) is 0.349. The standard InChI is InChI=1S/C22H27F3O4Si/c1-27-21-13-16(7-8-20(21)29-15-28-9-10-30(2,3)4)5-6-17-11-18(22(23,24)25)14-19(26)12-17/h5-8,11-14,26H,9-10,15H2,1-4H3. The second-order valence-corrected chi connectivity index (χ2v) is 13.7. The maximum absolute atomic E-state index is 12.9. The van der Waals surface area contributed by atoms with Gasteiger partial charge in [0.2, 0.25) is 0 Å². The third-order valence-corrected chi connectivity index (χ3v) is 5.92. The van der Waals surface area contributed by atoms with E-state index in [1.54, 1.807) is 24.3 Å². The Labute approximate surface area is 175 Å². The number of hydrogen-bond donors (Lipinski definition) is 1. The average Bonchev–Trinajstić information content (AvgIpc) is 2.64. The van der Waals surface area contributed by atoms with Crippen molar-refractivity contribution >= 4 is 20.2 Å². The first kappa shape index (κ1) is 23.8. The summed E-state index contributed by atoms with van der Waals surface area (Å²) in [6.07, 6.45) is -1.41. The average molecular weight is 441 g/mol. The lowest BCUT2D eigenvalue weighted by molar-refractivity contribution is -0.137. The van der Waals surface area contributed by atoms with Crippen LogP contribution in [-0.4, -0.2) is 33.7 Å². The zero-order valence-electron chi connectivity index (χ0n) is 17.5. The molecular weight excluding hydrogens is 413 g/mol. The van der Waals surface area contributed by atoms with E-state index in [0.717, 1.165) is 12.1 Å². The van der Waals surface area contributed by atoms with Crippen LogP contribution in [0.25, 0.3) is 12.2 Å². The summed E-state index contributed by atoms with van der Waals surface area (Å²) in [6, 6.07) is 9.15. The first-order valence-electron chi connectivity index (χ1n) is 9.46. The number of aromatic hydroxyl groups is 1. The molecule has 30 heavy (non-hydrogen) atoms. The first-order valence-corrected chi connectivity index (χ1v) is 13.2. The van der Waals surface area contributed by atoms with Gasteiger partial charge >= 0.3 is 6.18 Å². The van der Waals surface area contributed by atoms with E-state index in [4.69, 9.17) is 14.2 Å². The predicted molar refractivity (Wildman–Crippen MR) is 115 cm³/mol. The molecule has 0 aliphatic heterocycles. The summed E-state index contributed by atoms with van der Waals surface area (Å²) in [5, 5.41) is 9.56. The Balaban J connectivity index is 2.05. The van der Waals surface area contributed by atoms with Gasteiger partial charge in [-0.1, -0.05) is 37.9 Å². The number of rotatable bonds is 9. The van der Waals surface area contributed by atoms with Gasteiger partial charge in [-0.3, -0.25) is 0 Å². The summed E-state index contributed by atoms with van der Waals surface area (Å²) < 4.78 is 55.1. The molecule has 0 heterocycles. The van der Waals surface area contributed by atoms with E-state index in [-0.39, 0.29) is 12.4 Å². The molecule has 0 saturated heterocycles. The summed E-state index contributed by atoms with van der Waals surface area (Å²) in [5.74, 6) is 0.553. The number of phenolic OH excluding ortho intramolecular Hbond substituents is 1. The highest BCUT2D eigenvalue weighted by Gasteiger charge is 2.31. The number of ether oxygens (including phenoxy) is 3. The molecule has 8 heteroatoms. The van der Waals surface area contributed by atoms with Crippen LogP contribution in [0.4, 0.5) is 13.2 Å². The Hall–Kier alpha value is -2.45. The van der Waals surface area contributed by atoms with Gasteiger partial charge in [0.1, 0.15) is 5.75 Å². The van der Waals surface area contributed by atoms with Crippen LogP contribution in [0.2, 0.25) is 25.7 Å². The fraction of sp³-hybridized carbons (Fsp3) is 0.364. The minimum absolute atomic E-state index is 0.111. The number of alkyl halides is 3. The van der Waals surface area contributed by atoms with Gasteiger partial charge in [-0.15, -0.1) is 0 Å². The van der Waals surface area contributed by atoms with Crippen LogP contribution in [0, 0.1) is 0 Å². The lowest BCUT2D eigenvalue weighted by Gasteiger charge is -2.16. The van der Waals surface area contributed by atoms with Crippen molar-refractivity contribution in [2.75, 3.05) is 20.5 Å².